The molecule has 0 saturated carbocycles. The van der Waals surface area contributed by atoms with Crippen LogP contribution in [0.3, 0.4) is 0 Å². The molecule has 25 heavy (non-hydrogen) atoms. The second kappa shape index (κ2) is 6.97. The summed E-state index contributed by atoms with van der Waals surface area (Å²) in [7, 11) is 1.99. The second-order valence-corrected chi connectivity index (χ2v) is 7.46. The molecule has 0 spiro atoms. The van der Waals surface area contributed by atoms with Gasteiger partial charge in [-0.25, -0.2) is 15.0 Å². The number of fused-ring (bicyclic) bond motifs is 1. The minimum absolute atomic E-state index is 0.678. The topological polar surface area (TPSA) is 71.2 Å². The Bertz CT molecular complexity index is 870. The van der Waals surface area contributed by atoms with E-state index in [4.69, 9.17) is 4.98 Å². The lowest BCUT2D eigenvalue weighted by molar-refractivity contribution is 0.585. The Balaban J connectivity index is 1.60. The maximum atomic E-state index is 4.80. The van der Waals surface area contributed by atoms with Crippen LogP contribution in [0.25, 0.3) is 17.2 Å². The van der Waals surface area contributed by atoms with E-state index in [1.54, 1.807) is 6.20 Å². The Hall–Kier alpha value is -2.19. The van der Waals surface area contributed by atoms with Crippen LogP contribution >= 0.6 is 11.9 Å². The summed E-state index contributed by atoms with van der Waals surface area (Å²) in [4.78, 5) is 20.3. The minimum atomic E-state index is 0.678. The van der Waals surface area contributed by atoms with Gasteiger partial charge in [0.1, 0.15) is 11.5 Å². The van der Waals surface area contributed by atoms with Crippen molar-refractivity contribution < 1.29 is 0 Å². The normalized spacial score (nSPS) is 15.8. The second-order valence-electron chi connectivity index (χ2n) is 6.15. The van der Waals surface area contributed by atoms with E-state index in [1.807, 2.05) is 55.0 Å². The van der Waals surface area contributed by atoms with Crippen LogP contribution in [0, 0.1) is 6.92 Å². The van der Waals surface area contributed by atoms with E-state index < -0.39 is 0 Å². The van der Waals surface area contributed by atoms with Gasteiger partial charge >= 0.3 is 0 Å². The lowest BCUT2D eigenvalue weighted by Crippen LogP contribution is -2.36. The van der Waals surface area contributed by atoms with Crippen LogP contribution in [0.1, 0.15) is 18.5 Å². The molecule has 3 aromatic rings. The highest BCUT2D eigenvalue weighted by molar-refractivity contribution is 7.98. The predicted molar refractivity (Wildman–Crippen MR) is 101 cm³/mol. The molecule has 0 aliphatic carbocycles. The highest BCUT2D eigenvalue weighted by Gasteiger charge is 2.21. The third kappa shape index (κ3) is 3.32. The standard InChI is InChI=1S/C17H21N7S/c1-12-11-24-14(9-21-16(24)10-20-12)17-19-6-3-15(22-17)23-7-4-13(5-8-23)25-18-2/h3,6,9-11,13,18H,4-5,7-8H2,1-2H3. The lowest BCUT2D eigenvalue weighted by atomic mass is 10.1. The highest BCUT2D eigenvalue weighted by atomic mass is 32.2. The molecule has 0 radical (unpaired) electrons. The van der Waals surface area contributed by atoms with Gasteiger partial charge in [-0.1, -0.05) is 11.9 Å². The van der Waals surface area contributed by atoms with E-state index in [0.717, 1.165) is 48.8 Å². The first-order valence-corrected chi connectivity index (χ1v) is 9.33. The smallest absolute Gasteiger partial charge is 0.180 e. The van der Waals surface area contributed by atoms with Crippen molar-refractivity contribution in [1.29, 1.82) is 0 Å². The number of aryl methyl sites for hydroxylation is 1. The average Bonchev–Trinajstić information content (AvgIpc) is 3.06. The van der Waals surface area contributed by atoms with E-state index in [-0.39, 0.29) is 0 Å². The SMILES string of the molecule is CNSC1CCN(c2ccnc(-c3cnc4cnc(C)cn34)n2)CC1. The first-order chi connectivity index (χ1) is 12.2. The molecule has 3 aromatic heterocycles. The van der Waals surface area contributed by atoms with Crippen molar-refractivity contribution in [1.82, 2.24) is 29.1 Å². The number of imidazole rings is 1. The van der Waals surface area contributed by atoms with E-state index >= 15 is 0 Å². The summed E-state index contributed by atoms with van der Waals surface area (Å²) in [5.41, 5.74) is 2.63. The van der Waals surface area contributed by atoms with Crippen LogP contribution in [-0.2, 0) is 0 Å². The van der Waals surface area contributed by atoms with Crippen LogP contribution in [0.2, 0.25) is 0 Å². The first kappa shape index (κ1) is 16.3. The molecule has 8 heteroatoms. The van der Waals surface area contributed by atoms with Gasteiger partial charge < -0.3 is 4.90 Å². The van der Waals surface area contributed by atoms with Gasteiger partial charge in [0.2, 0.25) is 0 Å². The fraction of sp³-hybridized carbons (Fsp3) is 0.412. The molecule has 4 heterocycles. The number of hydrogen-bond donors (Lipinski definition) is 1. The number of hydrogen-bond acceptors (Lipinski definition) is 7. The van der Waals surface area contributed by atoms with E-state index in [0.29, 0.717) is 11.1 Å². The average molecular weight is 355 g/mol. The maximum absolute atomic E-state index is 4.80. The summed E-state index contributed by atoms with van der Waals surface area (Å²) in [6.45, 7) is 4.01. The number of piperidine rings is 1. The Labute approximate surface area is 151 Å². The van der Waals surface area contributed by atoms with Crippen molar-refractivity contribution in [2.75, 3.05) is 25.0 Å². The summed E-state index contributed by atoms with van der Waals surface area (Å²) < 4.78 is 5.20. The molecular weight excluding hydrogens is 334 g/mol. The van der Waals surface area contributed by atoms with Crippen molar-refractivity contribution >= 4 is 23.4 Å². The van der Waals surface area contributed by atoms with Crippen LogP contribution in [0.4, 0.5) is 5.82 Å². The number of rotatable bonds is 4. The van der Waals surface area contributed by atoms with Gasteiger partial charge in [0, 0.05) is 30.7 Å². The van der Waals surface area contributed by atoms with Gasteiger partial charge in [-0.15, -0.1) is 0 Å². The van der Waals surface area contributed by atoms with Gasteiger partial charge in [0.15, 0.2) is 11.5 Å². The van der Waals surface area contributed by atoms with E-state index in [1.165, 1.54) is 0 Å². The van der Waals surface area contributed by atoms with Gasteiger partial charge in [-0.3, -0.25) is 14.1 Å². The molecule has 1 N–H and O–H groups in total. The van der Waals surface area contributed by atoms with Crippen LogP contribution in [-0.4, -0.2) is 49.7 Å². The number of aromatic nitrogens is 5. The maximum Gasteiger partial charge on any atom is 0.180 e. The Morgan fingerprint density at radius 1 is 1.16 bits per heavy atom. The van der Waals surface area contributed by atoms with E-state index in [9.17, 15) is 0 Å². The fourth-order valence-electron chi connectivity index (χ4n) is 3.17. The lowest BCUT2D eigenvalue weighted by Gasteiger charge is -2.32. The zero-order valence-electron chi connectivity index (χ0n) is 14.4. The summed E-state index contributed by atoms with van der Waals surface area (Å²) in [5, 5.41) is 0.678. The summed E-state index contributed by atoms with van der Waals surface area (Å²) in [5.74, 6) is 1.68. The minimum Gasteiger partial charge on any atom is -0.356 e. The van der Waals surface area contributed by atoms with Gasteiger partial charge in [-0.05, 0) is 32.9 Å². The zero-order chi connectivity index (χ0) is 17.2. The quantitative estimate of drug-likeness (QED) is 0.720. The molecule has 1 aliphatic rings. The van der Waals surface area contributed by atoms with Crippen molar-refractivity contribution in [3.05, 3.63) is 36.5 Å². The van der Waals surface area contributed by atoms with Crippen LogP contribution in [0.5, 0.6) is 0 Å². The molecule has 1 aliphatic heterocycles. The molecule has 1 fully saturated rings. The summed E-state index contributed by atoms with van der Waals surface area (Å²) >= 11 is 1.83. The summed E-state index contributed by atoms with van der Waals surface area (Å²) in [6.07, 6.45) is 9.70. The number of nitrogens with zero attached hydrogens (tertiary/aromatic N) is 6. The largest absolute Gasteiger partial charge is 0.356 e. The Kier molecular flexibility index (Phi) is 4.54. The molecule has 0 amide bonds. The van der Waals surface area contributed by atoms with Gasteiger partial charge in [0.25, 0.3) is 0 Å². The van der Waals surface area contributed by atoms with Crippen molar-refractivity contribution in [3.63, 3.8) is 0 Å². The monoisotopic (exact) mass is 355 g/mol. The molecule has 1 saturated heterocycles. The number of anilines is 1. The molecule has 0 aromatic carbocycles. The number of nitrogens with one attached hydrogen (secondary N) is 1. The Morgan fingerprint density at radius 2 is 2.00 bits per heavy atom. The third-order valence-electron chi connectivity index (χ3n) is 4.45. The molecule has 0 bridgehead atoms. The molecule has 4 rings (SSSR count). The van der Waals surface area contributed by atoms with Crippen LogP contribution in [0.15, 0.2) is 30.9 Å². The van der Waals surface area contributed by atoms with Crippen LogP contribution < -0.4 is 9.62 Å². The molecule has 0 unspecified atom stereocenters. The third-order valence-corrected chi connectivity index (χ3v) is 5.49. The first-order valence-electron chi connectivity index (χ1n) is 8.45. The highest BCUT2D eigenvalue weighted by Crippen LogP contribution is 2.25. The van der Waals surface area contributed by atoms with Gasteiger partial charge in [0.05, 0.1) is 18.1 Å². The zero-order valence-corrected chi connectivity index (χ0v) is 15.2. The van der Waals surface area contributed by atoms with Crippen molar-refractivity contribution in [3.8, 4) is 11.5 Å². The Morgan fingerprint density at radius 3 is 2.80 bits per heavy atom. The van der Waals surface area contributed by atoms with Crippen molar-refractivity contribution in [2.45, 2.75) is 25.0 Å². The predicted octanol–water partition coefficient (Wildman–Crippen LogP) is 2.33. The molecule has 7 nitrogen and oxygen atoms in total. The van der Waals surface area contributed by atoms with Crippen molar-refractivity contribution in [2.24, 2.45) is 0 Å². The van der Waals surface area contributed by atoms with E-state index in [2.05, 4.69) is 24.6 Å². The molecule has 0 atom stereocenters. The fourth-order valence-corrected chi connectivity index (χ4v) is 3.95. The molecule has 130 valence electrons. The van der Waals surface area contributed by atoms with Gasteiger partial charge in [-0.2, -0.15) is 0 Å². The summed E-state index contributed by atoms with van der Waals surface area (Å²) in [6, 6.07) is 1.99. The molecular formula is C17H21N7S.